The SMILES string of the molecule is Cc1ccc(-c2cnc(CCC(=O)N3CCOC(c4ccccc4)C3)o2)cc1. The topological polar surface area (TPSA) is 55.6 Å². The van der Waals surface area contributed by atoms with Crippen LogP contribution in [0.25, 0.3) is 11.3 Å². The highest BCUT2D eigenvalue weighted by atomic mass is 16.5. The van der Waals surface area contributed by atoms with Crippen molar-refractivity contribution in [2.24, 2.45) is 0 Å². The van der Waals surface area contributed by atoms with Gasteiger partial charge in [-0.25, -0.2) is 4.98 Å². The summed E-state index contributed by atoms with van der Waals surface area (Å²) in [5.41, 5.74) is 3.30. The number of hydrogen-bond donors (Lipinski definition) is 0. The Bertz CT molecular complexity index is 919. The van der Waals surface area contributed by atoms with E-state index in [1.54, 1.807) is 6.20 Å². The summed E-state index contributed by atoms with van der Waals surface area (Å²) in [5, 5.41) is 0. The molecule has 4 rings (SSSR count). The smallest absolute Gasteiger partial charge is 0.223 e. The largest absolute Gasteiger partial charge is 0.441 e. The summed E-state index contributed by atoms with van der Waals surface area (Å²) in [6.45, 7) is 3.82. The van der Waals surface area contributed by atoms with Crippen LogP contribution in [0.1, 0.15) is 29.5 Å². The zero-order valence-electron chi connectivity index (χ0n) is 16.0. The number of morpholine rings is 1. The fourth-order valence-corrected chi connectivity index (χ4v) is 3.39. The quantitative estimate of drug-likeness (QED) is 0.670. The molecule has 1 fully saturated rings. The van der Waals surface area contributed by atoms with Crippen LogP contribution in [0.15, 0.2) is 65.2 Å². The van der Waals surface area contributed by atoms with Gasteiger partial charge in [0.2, 0.25) is 5.91 Å². The third-order valence-electron chi connectivity index (χ3n) is 5.03. The molecule has 0 N–H and O–H groups in total. The van der Waals surface area contributed by atoms with Gasteiger partial charge in [-0.3, -0.25) is 4.79 Å². The first-order valence-electron chi connectivity index (χ1n) is 9.65. The molecule has 0 aliphatic carbocycles. The minimum atomic E-state index is -0.0613. The maximum absolute atomic E-state index is 12.7. The Kier molecular flexibility index (Phi) is 5.53. The third-order valence-corrected chi connectivity index (χ3v) is 5.03. The molecule has 0 bridgehead atoms. The number of amides is 1. The van der Waals surface area contributed by atoms with E-state index in [0.717, 1.165) is 16.9 Å². The molecule has 1 unspecified atom stereocenters. The van der Waals surface area contributed by atoms with Crippen molar-refractivity contribution in [1.82, 2.24) is 9.88 Å². The molecule has 3 aromatic rings. The van der Waals surface area contributed by atoms with Crippen LogP contribution in [0.5, 0.6) is 0 Å². The summed E-state index contributed by atoms with van der Waals surface area (Å²) in [5.74, 6) is 1.44. The number of aromatic nitrogens is 1. The predicted octanol–water partition coefficient (Wildman–Crippen LogP) is 4.18. The zero-order valence-corrected chi connectivity index (χ0v) is 16.0. The van der Waals surface area contributed by atoms with Crippen molar-refractivity contribution in [2.45, 2.75) is 25.9 Å². The molecule has 5 nitrogen and oxygen atoms in total. The van der Waals surface area contributed by atoms with Gasteiger partial charge in [-0.1, -0.05) is 60.2 Å². The van der Waals surface area contributed by atoms with Crippen LogP contribution < -0.4 is 0 Å². The van der Waals surface area contributed by atoms with E-state index >= 15 is 0 Å². The van der Waals surface area contributed by atoms with Gasteiger partial charge in [0.15, 0.2) is 11.7 Å². The van der Waals surface area contributed by atoms with Gasteiger partial charge < -0.3 is 14.1 Å². The fourth-order valence-electron chi connectivity index (χ4n) is 3.39. The van der Waals surface area contributed by atoms with Crippen LogP contribution in [0, 0.1) is 6.92 Å². The van der Waals surface area contributed by atoms with E-state index in [9.17, 15) is 4.79 Å². The third kappa shape index (κ3) is 4.31. The maximum Gasteiger partial charge on any atom is 0.223 e. The standard InChI is InChI=1S/C23H24N2O3/c1-17-7-9-19(10-8-17)20-15-24-22(28-20)11-12-23(26)25-13-14-27-21(16-25)18-5-3-2-4-6-18/h2-10,15,21H,11-14,16H2,1H3. The molecule has 1 aromatic heterocycles. The first kappa shape index (κ1) is 18.4. The fraction of sp³-hybridized carbons (Fsp3) is 0.304. The summed E-state index contributed by atoms with van der Waals surface area (Å²) >= 11 is 0. The molecular weight excluding hydrogens is 352 g/mol. The molecule has 5 heteroatoms. The molecule has 2 heterocycles. The van der Waals surface area contributed by atoms with Crippen molar-refractivity contribution in [3.8, 4) is 11.3 Å². The number of oxazole rings is 1. The van der Waals surface area contributed by atoms with Gasteiger partial charge >= 0.3 is 0 Å². The number of rotatable bonds is 5. The molecular formula is C23H24N2O3. The van der Waals surface area contributed by atoms with E-state index in [1.807, 2.05) is 59.5 Å². The Balaban J connectivity index is 1.33. The Hall–Kier alpha value is -2.92. The summed E-state index contributed by atoms with van der Waals surface area (Å²) < 4.78 is 11.7. The lowest BCUT2D eigenvalue weighted by molar-refractivity contribution is -0.139. The van der Waals surface area contributed by atoms with Crippen molar-refractivity contribution in [3.63, 3.8) is 0 Å². The van der Waals surface area contributed by atoms with Crippen LogP contribution in [0.2, 0.25) is 0 Å². The molecule has 2 aromatic carbocycles. The number of benzene rings is 2. The molecule has 1 aliphatic heterocycles. The zero-order chi connectivity index (χ0) is 19.3. The number of hydrogen-bond acceptors (Lipinski definition) is 4. The van der Waals surface area contributed by atoms with Crippen molar-refractivity contribution in [1.29, 1.82) is 0 Å². The van der Waals surface area contributed by atoms with Crippen LogP contribution in [0.3, 0.4) is 0 Å². The summed E-state index contributed by atoms with van der Waals surface area (Å²) in [7, 11) is 0. The highest BCUT2D eigenvalue weighted by molar-refractivity contribution is 5.76. The highest BCUT2D eigenvalue weighted by Crippen LogP contribution is 2.24. The summed E-state index contributed by atoms with van der Waals surface area (Å²) in [4.78, 5) is 18.9. The van der Waals surface area contributed by atoms with Gasteiger partial charge in [-0.15, -0.1) is 0 Å². The van der Waals surface area contributed by atoms with Crippen molar-refractivity contribution >= 4 is 5.91 Å². The van der Waals surface area contributed by atoms with Gasteiger partial charge in [0.05, 0.1) is 19.3 Å². The van der Waals surface area contributed by atoms with Crippen LogP contribution in [-0.2, 0) is 16.0 Å². The van der Waals surface area contributed by atoms with Crippen molar-refractivity contribution in [3.05, 3.63) is 77.8 Å². The molecule has 0 spiro atoms. The first-order chi connectivity index (χ1) is 13.7. The Labute approximate surface area is 165 Å². The lowest BCUT2D eigenvalue weighted by Crippen LogP contribution is -2.42. The minimum absolute atomic E-state index is 0.0613. The van der Waals surface area contributed by atoms with Gasteiger partial charge in [0.25, 0.3) is 0 Å². The van der Waals surface area contributed by atoms with E-state index in [1.165, 1.54) is 5.56 Å². The Morgan fingerprint density at radius 3 is 2.71 bits per heavy atom. The molecule has 1 aliphatic rings. The van der Waals surface area contributed by atoms with E-state index in [0.29, 0.717) is 38.4 Å². The average Bonchev–Trinajstić information content (AvgIpc) is 3.22. The number of ether oxygens (including phenoxy) is 1. The number of aryl methyl sites for hydroxylation is 2. The number of nitrogens with zero attached hydrogens (tertiary/aromatic N) is 2. The van der Waals surface area contributed by atoms with Crippen LogP contribution >= 0.6 is 0 Å². The van der Waals surface area contributed by atoms with E-state index < -0.39 is 0 Å². The first-order valence-corrected chi connectivity index (χ1v) is 9.65. The van der Waals surface area contributed by atoms with Gasteiger partial charge in [0.1, 0.15) is 6.10 Å². The summed E-state index contributed by atoms with van der Waals surface area (Å²) in [6, 6.07) is 18.2. The normalized spacial score (nSPS) is 16.9. The minimum Gasteiger partial charge on any atom is -0.441 e. The lowest BCUT2D eigenvalue weighted by atomic mass is 10.1. The molecule has 1 atom stereocenters. The van der Waals surface area contributed by atoms with Crippen LogP contribution in [-0.4, -0.2) is 35.5 Å². The summed E-state index contributed by atoms with van der Waals surface area (Å²) in [6.07, 6.45) is 2.55. The Morgan fingerprint density at radius 1 is 1.14 bits per heavy atom. The Morgan fingerprint density at radius 2 is 1.93 bits per heavy atom. The van der Waals surface area contributed by atoms with E-state index in [4.69, 9.17) is 9.15 Å². The molecule has 144 valence electrons. The van der Waals surface area contributed by atoms with Crippen LogP contribution in [0.4, 0.5) is 0 Å². The molecule has 1 saturated heterocycles. The second-order valence-electron chi connectivity index (χ2n) is 7.09. The second-order valence-corrected chi connectivity index (χ2v) is 7.09. The lowest BCUT2D eigenvalue weighted by Gasteiger charge is -2.33. The number of carbonyl (C=O) groups is 1. The van der Waals surface area contributed by atoms with Gasteiger partial charge in [-0.05, 0) is 12.5 Å². The highest BCUT2D eigenvalue weighted by Gasteiger charge is 2.25. The van der Waals surface area contributed by atoms with E-state index in [2.05, 4.69) is 11.9 Å². The average molecular weight is 376 g/mol. The maximum atomic E-state index is 12.7. The molecule has 1 amide bonds. The van der Waals surface area contributed by atoms with E-state index in [-0.39, 0.29) is 12.0 Å². The molecule has 28 heavy (non-hydrogen) atoms. The van der Waals surface area contributed by atoms with Crippen molar-refractivity contribution < 1.29 is 13.9 Å². The monoisotopic (exact) mass is 376 g/mol. The van der Waals surface area contributed by atoms with Crippen molar-refractivity contribution in [2.75, 3.05) is 19.7 Å². The van der Waals surface area contributed by atoms with Gasteiger partial charge in [0, 0.05) is 24.9 Å². The predicted molar refractivity (Wildman–Crippen MR) is 107 cm³/mol. The molecule has 0 radical (unpaired) electrons. The number of carbonyl (C=O) groups excluding carboxylic acids is 1. The molecule has 0 saturated carbocycles. The van der Waals surface area contributed by atoms with Gasteiger partial charge in [-0.2, -0.15) is 0 Å². The second kappa shape index (κ2) is 8.40.